The number of aromatic hydroxyl groups is 1. The Kier molecular flexibility index (Phi) is 4.35. The fourth-order valence-electron chi connectivity index (χ4n) is 0.809. The number of halogens is 1. The van der Waals surface area contributed by atoms with Crippen LogP contribution in [0.3, 0.4) is 0 Å². The number of amides is 1. The summed E-state index contributed by atoms with van der Waals surface area (Å²) < 4.78 is 5.04. The summed E-state index contributed by atoms with van der Waals surface area (Å²) in [6.45, 7) is 0. The lowest BCUT2D eigenvalue weighted by atomic mass is 10.2. The van der Waals surface area contributed by atoms with Gasteiger partial charge in [0.05, 0.1) is 16.9 Å². The molecule has 1 amide bonds. The van der Waals surface area contributed by atoms with Crippen LogP contribution in [0, 0.1) is 3.57 Å². The zero-order valence-corrected chi connectivity index (χ0v) is 10.1. The Hall–Kier alpha value is -1.31. The highest BCUT2D eigenvalue weighted by Gasteiger charge is 1.97. The Morgan fingerprint density at radius 2 is 2.40 bits per heavy atom. The Morgan fingerprint density at radius 1 is 1.67 bits per heavy atom. The molecule has 0 aromatic heterocycles. The van der Waals surface area contributed by atoms with E-state index in [4.69, 9.17) is 0 Å². The molecule has 6 heteroatoms. The van der Waals surface area contributed by atoms with Crippen LogP contribution >= 0.6 is 22.6 Å². The Balaban J connectivity index is 2.65. The van der Waals surface area contributed by atoms with Crippen molar-refractivity contribution in [2.75, 3.05) is 7.11 Å². The van der Waals surface area contributed by atoms with Gasteiger partial charge in [-0.3, -0.25) is 0 Å². The fraction of sp³-hybridized carbons (Fsp3) is 0.111. The van der Waals surface area contributed by atoms with Crippen molar-refractivity contribution in [3.63, 3.8) is 0 Å². The summed E-state index contributed by atoms with van der Waals surface area (Å²) in [6, 6.07) is 4.97. The number of hydrogen-bond acceptors (Lipinski definition) is 4. The van der Waals surface area contributed by atoms with Gasteiger partial charge in [0.25, 0.3) is 0 Å². The first-order valence-electron chi connectivity index (χ1n) is 3.99. The first-order valence-corrected chi connectivity index (χ1v) is 5.07. The van der Waals surface area contributed by atoms with E-state index in [1.807, 2.05) is 22.6 Å². The third kappa shape index (κ3) is 3.74. The maximum Gasteiger partial charge on any atom is 0.427 e. The highest BCUT2D eigenvalue weighted by Crippen LogP contribution is 2.19. The second-order valence-electron chi connectivity index (χ2n) is 2.57. The standard InChI is InChI=1S/C9H9IN2O3/c1-15-9(14)12-11-5-6-2-3-8(13)7(10)4-6/h2-5,13H,1H3,(H,12,14). The number of phenols is 1. The second kappa shape index (κ2) is 5.54. The van der Waals surface area contributed by atoms with Gasteiger partial charge in [-0.05, 0) is 46.4 Å². The van der Waals surface area contributed by atoms with Crippen molar-refractivity contribution in [3.8, 4) is 5.75 Å². The molecule has 5 nitrogen and oxygen atoms in total. The van der Waals surface area contributed by atoms with Gasteiger partial charge in [-0.15, -0.1) is 0 Å². The van der Waals surface area contributed by atoms with Crippen LogP contribution in [0.5, 0.6) is 5.75 Å². The second-order valence-corrected chi connectivity index (χ2v) is 3.73. The summed E-state index contributed by atoms with van der Waals surface area (Å²) in [5.41, 5.74) is 2.93. The third-order valence-electron chi connectivity index (χ3n) is 1.53. The SMILES string of the molecule is COC(=O)NN=Cc1ccc(O)c(I)c1. The predicted molar refractivity (Wildman–Crippen MR) is 64.0 cm³/mol. The van der Waals surface area contributed by atoms with Gasteiger partial charge in [0.1, 0.15) is 5.75 Å². The number of phenolic OH excluding ortho intramolecular Hbond substituents is 1. The van der Waals surface area contributed by atoms with Crippen molar-refractivity contribution in [1.82, 2.24) is 5.43 Å². The minimum Gasteiger partial charge on any atom is -0.507 e. The summed E-state index contributed by atoms with van der Waals surface area (Å²) in [7, 11) is 1.26. The maximum absolute atomic E-state index is 10.6. The summed E-state index contributed by atoms with van der Waals surface area (Å²) in [4.78, 5) is 10.6. The molecule has 0 saturated carbocycles. The zero-order valence-electron chi connectivity index (χ0n) is 7.90. The van der Waals surface area contributed by atoms with Crippen molar-refractivity contribution < 1.29 is 14.6 Å². The van der Waals surface area contributed by atoms with Crippen LogP contribution in [-0.4, -0.2) is 24.5 Å². The number of hydrazone groups is 1. The van der Waals surface area contributed by atoms with E-state index in [0.29, 0.717) is 0 Å². The molecule has 0 radical (unpaired) electrons. The molecule has 2 N–H and O–H groups in total. The van der Waals surface area contributed by atoms with E-state index in [0.717, 1.165) is 9.13 Å². The number of carbonyl (C=O) groups excluding carboxylic acids is 1. The molecule has 0 heterocycles. The number of nitrogens with zero attached hydrogens (tertiary/aromatic N) is 1. The Bertz CT molecular complexity index is 393. The lowest BCUT2D eigenvalue weighted by Crippen LogP contribution is -2.16. The molecule has 1 aromatic carbocycles. The summed E-state index contributed by atoms with van der Waals surface area (Å²) in [5.74, 6) is 0.216. The molecule has 0 saturated heterocycles. The van der Waals surface area contributed by atoms with E-state index in [-0.39, 0.29) is 5.75 Å². The minimum atomic E-state index is -0.625. The highest BCUT2D eigenvalue weighted by molar-refractivity contribution is 14.1. The van der Waals surface area contributed by atoms with Gasteiger partial charge >= 0.3 is 6.09 Å². The van der Waals surface area contributed by atoms with E-state index < -0.39 is 6.09 Å². The van der Waals surface area contributed by atoms with Gasteiger partial charge in [-0.2, -0.15) is 5.10 Å². The Labute approximate surface area is 100 Å². The topological polar surface area (TPSA) is 70.9 Å². The van der Waals surface area contributed by atoms with E-state index in [1.54, 1.807) is 18.2 Å². The maximum atomic E-state index is 10.6. The molecular formula is C9H9IN2O3. The molecule has 0 aliphatic rings. The van der Waals surface area contributed by atoms with Crippen molar-refractivity contribution in [1.29, 1.82) is 0 Å². The van der Waals surface area contributed by atoms with Gasteiger partial charge in [0, 0.05) is 0 Å². The van der Waals surface area contributed by atoms with Crippen molar-refractivity contribution in [2.45, 2.75) is 0 Å². The molecule has 1 rings (SSSR count). The van der Waals surface area contributed by atoms with Gasteiger partial charge < -0.3 is 9.84 Å². The van der Waals surface area contributed by atoms with Crippen LogP contribution in [0.2, 0.25) is 0 Å². The molecule has 1 aromatic rings. The number of benzene rings is 1. The minimum absolute atomic E-state index is 0.216. The lowest BCUT2D eigenvalue weighted by molar-refractivity contribution is 0.171. The zero-order chi connectivity index (χ0) is 11.3. The first kappa shape index (κ1) is 11.8. The van der Waals surface area contributed by atoms with Crippen LogP contribution in [0.25, 0.3) is 0 Å². The van der Waals surface area contributed by atoms with Crippen LogP contribution in [0.15, 0.2) is 23.3 Å². The average Bonchev–Trinajstić information content (AvgIpc) is 2.23. The number of ether oxygens (including phenoxy) is 1. The molecular weight excluding hydrogens is 311 g/mol. The predicted octanol–water partition coefficient (Wildman–Crippen LogP) is 1.69. The fourth-order valence-corrected chi connectivity index (χ4v) is 1.35. The number of rotatable bonds is 2. The molecule has 0 unspecified atom stereocenters. The molecule has 0 bridgehead atoms. The summed E-state index contributed by atoms with van der Waals surface area (Å²) >= 11 is 2.00. The molecule has 15 heavy (non-hydrogen) atoms. The van der Waals surface area contributed by atoms with E-state index in [9.17, 15) is 9.90 Å². The smallest absolute Gasteiger partial charge is 0.427 e. The lowest BCUT2D eigenvalue weighted by Gasteiger charge is -1.98. The van der Waals surface area contributed by atoms with Crippen molar-refractivity contribution in [2.24, 2.45) is 5.10 Å². The number of methoxy groups -OCH3 is 1. The summed E-state index contributed by atoms with van der Waals surface area (Å²) in [6.07, 6.45) is 0.832. The van der Waals surface area contributed by atoms with Gasteiger partial charge in [-0.1, -0.05) is 0 Å². The van der Waals surface area contributed by atoms with Crippen molar-refractivity contribution >= 4 is 34.9 Å². The van der Waals surface area contributed by atoms with Crippen LogP contribution in [-0.2, 0) is 4.74 Å². The number of hydrogen-bond donors (Lipinski definition) is 2. The quantitative estimate of drug-likeness (QED) is 0.495. The largest absolute Gasteiger partial charge is 0.507 e. The van der Waals surface area contributed by atoms with Crippen LogP contribution in [0.1, 0.15) is 5.56 Å². The highest BCUT2D eigenvalue weighted by atomic mass is 127. The van der Waals surface area contributed by atoms with E-state index in [2.05, 4.69) is 15.3 Å². The van der Waals surface area contributed by atoms with Gasteiger partial charge in [0.2, 0.25) is 0 Å². The number of nitrogens with one attached hydrogen (secondary N) is 1. The third-order valence-corrected chi connectivity index (χ3v) is 2.39. The molecule has 0 aliphatic heterocycles. The van der Waals surface area contributed by atoms with E-state index >= 15 is 0 Å². The average molecular weight is 320 g/mol. The van der Waals surface area contributed by atoms with Crippen LogP contribution < -0.4 is 5.43 Å². The molecule has 0 spiro atoms. The molecule has 80 valence electrons. The van der Waals surface area contributed by atoms with Crippen molar-refractivity contribution in [3.05, 3.63) is 27.3 Å². The molecule has 0 atom stereocenters. The van der Waals surface area contributed by atoms with Gasteiger partial charge in [0.15, 0.2) is 0 Å². The van der Waals surface area contributed by atoms with E-state index in [1.165, 1.54) is 13.3 Å². The molecule has 0 fully saturated rings. The first-order chi connectivity index (χ1) is 7.13. The normalized spacial score (nSPS) is 10.3. The Morgan fingerprint density at radius 3 is 3.00 bits per heavy atom. The number of carbonyl (C=O) groups is 1. The molecule has 0 aliphatic carbocycles. The van der Waals surface area contributed by atoms with Crippen LogP contribution in [0.4, 0.5) is 4.79 Å². The monoisotopic (exact) mass is 320 g/mol. The van der Waals surface area contributed by atoms with Gasteiger partial charge in [-0.25, -0.2) is 10.2 Å². The summed E-state index contributed by atoms with van der Waals surface area (Å²) in [5, 5.41) is 12.9.